The van der Waals surface area contributed by atoms with E-state index in [0.717, 1.165) is 24.8 Å². The molecule has 0 atom stereocenters. The number of esters is 1. The van der Waals surface area contributed by atoms with Gasteiger partial charge in [-0.25, -0.2) is 4.79 Å². The van der Waals surface area contributed by atoms with Crippen LogP contribution in [-0.4, -0.2) is 34.2 Å². The van der Waals surface area contributed by atoms with Gasteiger partial charge >= 0.3 is 5.97 Å². The predicted octanol–water partition coefficient (Wildman–Crippen LogP) is 3.07. The van der Waals surface area contributed by atoms with E-state index in [9.17, 15) is 9.59 Å². The lowest BCUT2D eigenvalue weighted by atomic mass is 9.81. The van der Waals surface area contributed by atoms with Crippen molar-refractivity contribution in [2.45, 2.75) is 44.6 Å². The Morgan fingerprint density at radius 3 is 2.60 bits per heavy atom. The number of hydrogen-bond acceptors (Lipinski definition) is 4. The van der Waals surface area contributed by atoms with Gasteiger partial charge in [0, 0.05) is 5.56 Å². The highest BCUT2D eigenvalue weighted by atomic mass is 16.5. The molecule has 1 aromatic carbocycles. The van der Waals surface area contributed by atoms with Crippen LogP contribution in [0, 0.1) is 0 Å². The number of nitrogens with zero attached hydrogens (tertiary/aromatic N) is 1. The number of benzene rings is 1. The van der Waals surface area contributed by atoms with Crippen LogP contribution in [0.5, 0.6) is 0 Å². The molecule has 6 heteroatoms. The highest BCUT2D eigenvalue weighted by molar-refractivity contribution is 5.97. The second-order valence-corrected chi connectivity index (χ2v) is 6.35. The standard InChI is InChI=1S/C19H23N3O3/c1-2-25-18(24)19(11-7-4-8-12-19)20-17(23)16-13-15(21-22-16)14-9-5-3-6-10-14/h3,5-6,9-10,13H,2,4,7-8,11-12H2,1H3,(H,20,23)(H,21,22). The quantitative estimate of drug-likeness (QED) is 0.819. The summed E-state index contributed by atoms with van der Waals surface area (Å²) >= 11 is 0. The lowest BCUT2D eigenvalue weighted by Gasteiger charge is -2.35. The van der Waals surface area contributed by atoms with Crippen molar-refractivity contribution >= 4 is 11.9 Å². The summed E-state index contributed by atoms with van der Waals surface area (Å²) in [5.41, 5.74) is 1.03. The Bertz CT molecular complexity index is 733. The fourth-order valence-corrected chi connectivity index (χ4v) is 3.28. The number of aromatic amines is 1. The fourth-order valence-electron chi connectivity index (χ4n) is 3.28. The van der Waals surface area contributed by atoms with Crippen LogP contribution in [0.25, 0.3) is 11.3 Å². The van der Waals surface area contributed by atoms with Crippen LogP contribution in [0.1, 0.15) is 49.5 Å². The van der Waals surface area contributed by atoms with Crippen molar-refractivity contribution < 1.29 is 14.3 Å². The van der Waals surface area contributed by atoms with Crippen LogP contribution in [0.3, 0.4) is 0 Å². The van der Waals surface area contributed by atoms with Gasteiger partial charge in [0.25, 0.3) is 5.91 Å². The number of ether oxygens (including phenoxy) is 1. The van der Waals surface area contributed by atoms with Gasteiger partial charge in [0.1, 0.15) is 11.2 Å². The molecule has 1 saturated carbocycles. The molecule has 1 aromatic heterocycles. The molecule has 1 aliphatic rings. The van der Waals surface area contributed by atoms with E-state index in [4.69, 9.17) is 4.74 Å². The Hall–Kier alpha value is -2.63. The first-order valence-electron chi connectivity index (χ1n) is 8.75. The Balaban J connectivity index is 1.78. The van der Waals surface area contributed by atoms with E-state index in [0.29, 0.717) is 30.8 Å². The van der Waals surface area contributed by atoms with Crippen molar-refractivity contribution in [3.8, 4) is 11.3 Å². The molecule has 3 rings (SSSR count). The van der Waals surface area contributed by atoms with Gasteiger partial charge in [0.15, 0.2) is 0 Å². The summed E-state index contributed by atoms with van der Waals surface area (Å²) in [5, 5.41) is 9.88. The van der Waals surface area contributed by atoms with Crippen LogP contribution >= 0.6 is 0 Å². The topological polar surface area (TPSA) is 84.1 Å². The van der Waals surface area contributed by atoms with Gasteiger partial charge in [-0.2, -0.15) is 5.10 Å². The monoisotopic (exact) mass is 341 g/mol. The summed E-state index contributed by atoms with van der Waals surface area (Å²) in [4.78, 5) is 25.1. The van der Waals surface area contributed by atoms with Gasteiger partial charge in [0.05, 0.1) is 12.3 Å². The third kappa shape index (κ3) is 3.73. The zero-order chi connectivity index (χ0) is 17.7. The highest BCUT2D eigenvalue weighted by Gasteiger charge is 2.42. The fraction of sp³-hybridized carbons (Fsp3) is 0.421. The van der Waals surface area contributed by atoms with Gasteiger partial charge < -0.3 is 10.1 Å². The van der Waals surface area contributed by atoms with Gasteiger partial charge in [-0.15, -0.1) is 0 Å². The normalized spacial score (nSPS) is 16.2. The molecule has 1 aliphatic carbocycles. The number of rotatable bonds is 5. The summed E-state index contributed by atoms with van der Waals surface area (Å²) in [6, 6.07) is 11.3. The summed E-state index contributed by atoms with van der Waals surface area (Å²) in [6.07, 6.45) is 4.09. The minimum absolute atomic E-state index is 0.304. The molecule has 25 heavy (non-hydrogen) atoms. The Morgan fingerprint density at radius 1 is 1.20 bits per heavy atom. The molecule has 0 spiro atoms. The number of amides is 1. The van der Waals surface area contributed by atoms with E-state index in [1.54, 1.807) is 13.0 Å². The molecular weight excluding hydrogens is 318 g/mol. The van der Waals surface area contributed by atoms with E-state index in [2.05, 4.69) is 15.5 Å². The first-order valence-corrected chi connectivity index (χ1v) is 8.75. The maximum Gasteiger partial charge on any atom is 0.331 e. The largest absolute Gasteiger partial charge is 0.464 e. The van der Waals surface area contributed by atoms with Gasteiger partial charge in [0.2, 0.25) is 0 Å². The van der Waals surface area contributed by atoms with E-state index < -0.39 is 5.54 Å². The van der Waals surface area contributed by atoms with Crippen molar-refractivity contribution in [1.82, 2.24) is 15.5 Å². The number of H-pyrrole nitrogens is 1. The van der Waals surface area contributed by atoms with Crippen LogP contribution < -0.4 is 5.32 Å². The van der Waals surface area contributed by atoms with E-state index in [1.165, 1.54) is 0 Å². The molecule has 0 radical (unpaired) electrons. The molecule has 132 valence electrons. The van der Waals surface area contributed by atoms with Crippen molar-refractivity contribution in [2.24, 2.45) is 0 Å². The summed E-state index contributed by atoms with van der Waals surface area (Å²) in [6.45, 7) is 2.08. The lowest BCUT2D eigenvalue weighted by molar-refractivity contribution is -0.152. The van der Waals surface area contributed by atoms with E-state index in [-0.39, 0.29) is 11.9 Å². The average molecular weight is 341 g/mol. The van der Waals surface area contributed by atoms with Gasteiger partial charge in [-0.05, 0) is 25.8 Å². The number of nitrogens with one attached hydrogen (secondary N) is 2. The molecule has 1 amide bonds. The predicted molar refractivity (Wildman–Crippen MR) is 93.9 cm³/mol. The molecule has 0 saturated heterocycles. The van der Waals surface area contributed by atoms with Crippen molar-refractivity contribution in [3.05, 3.63) is 42.1 Å². The summed E-state index contributed by atoms with van der Waals surface area (Å²) in [5.74, 6) is -0.671. The molecule has 2 aromatic rings. The van der Waals surface area contributed by atoms with Gasteiger partial charge in [-0.1, -0.05) is 49.6 Å². The maximum absolute atomic E-state index is 12.7. The van der Waals surface area contributed by atoms with Crippen LogP contribution in [0.15, 0.2) is 36.4 Å². The second-order valence-electron chi connectivity index (χ2n) is 6.35. The third-order valence-electron chi connectivity index (χ3n) is 4.62. The number of carbonyl (C=O) groups excluding carboxylic acids is 2. The molecule has 2 N–H and O–H groups in total. The highest BCUT2D eigenvalue weighted by Crippen LogP contribution is 2.30. The molecular formula is C19H23N3O3. The molecule has 0 aliphatic heterocycles. The van der Waals surface area contributed by atoms with Crippen LogP contribution in [0.4, 0.5) is 0 Å². The first-order chi connectivity index (χ1) is 12.1. The van der Waals surface area contributed by atoms with Crippen LogP contribution in [-0.2, 0) is 9.53 Å². The van der Waals surface area contributed by atoms with Crippen molar-refractivity contribution in [1.29, 1.82) is 0 Å². The zero-order valence-corrected chi connectivity index (χ0v) is 14.4. The Kier molecular flexibility index (Phi) is 5.16. The average Bonchev–Trinajstić information content (AvgIpc) is 3.14. The molecule has 1 heterocycles. The lowest BCUT2D eigenvalue weighted by Crippen LogP contribution is -2.56. The minimum Gasteiger partial charge on any atom is -0.464 e. The third-order valence-corrected chi connectivity index (χ3v) is 4.62. The number of carbonyl (C=O) groups is 2. The van der Waals surface area contributed by atoms with E-state index >= 15 is 0 Å². The number of aromatic nitrogens is 2. The van der Waals surface area contributed by atoms with Crippen molar-refractivity contribution in [2.75, 3.05) is 6.61 Å². The Morgan fingerprint density at radius 2 is 1.92 bits per heavy atom. The summed E-state index contributed by atoms with van der Waals surface area (Å²) < 4.78 is 5.22. The molecule has 0 bridgehead atoms. The molecule has 0 unspecified atom stereocenters. The van der Waals surface area contributed by atoms with E-state index in [1.807, 2.05) is 30.3 Å². The van der Waals surface area contributed by atoms with Gasteiger partial charge in [-0.3, -0.25) is 9.89 Å². The Labute approximate surface area is 147 Å². The summed E-state index contributed by atoms with van der Waals surface area (Å²) in [7, 11) is 0. The smallest absolute Gasteiger partial charge is 0.331 e. The zero-order valence-electron chi connectivity index (χ0n) is 14.4. The van der Waals surface area contributed by atoms with Crippen molar-refractivity contribution in [3.63, 3.8) is 0 Å². The van der Waals surface area contributed by atoms with Crippen LogP contribution in [0.2, 0.25) is 0 Å². The molecule has 1 fully saturated rings. The SMILES string of the molecule is CCOC(=O)C1(NC(=O)c2cc(-c3ccccc3)n[nH]2)CCCCC1. The molecule has 6 nitrogen and oxygen atoms in total. The number of hydrogen-bond donors (Lipinski definition) is 2. The maximum atomic E-state index is 12.7. The first kappa shape index (κ1) is 17.2. The second kappa shape index (κ2) is 7.51. The minimum atomic E-state index is -0.927.